The second-order valence-electron chi connectivity index (χ2n) is 1.82. The highest BCUT2D eigenvalue weighted by Gasteiger charge is 2.24. The van der Waals surface area contributed by atoms with Crippen molar-refractivity contribution in [1.82, 2.24) is 0 Å². The standard InChI is InChI=1S/C6H2O7/c7-3-1-2-4(8)12-13-6(10)5(9)11-3/h1-2H. The summed E-state index contributed by atoms with van der Waals surface area (Å²) in [6.07, 6.45) is 1.27. The van der Waals surface area contributed by atoms with Crippen LogP contribution < -0.4 is 0 Å². The lowest BCUT2D eigenvalue weighted by Gasteiger charge is -1.96. The van der Waals surface area contributed by atoms with Crippen LogP contribution in [0.4, 0.5) is 0 Å². The van der Waals surface area contributed by atoms with Gasteiger partial charge in [0.2, 0.25) is 0 Å². The van der Waals surface area contributed by atoms with Gasteiger partial charge >= 0.3 is 23.9 Å². The van der Waals surface area contributed by atoms with E-state index in [1.54, 1.807) is 0 Å². The Morgan fingerprint density at radius 3 is 2.08 bits per heavy atom. The number of cyclic esters (lactones) is 2. The first-order valence-electron chi connectivity index (χ1n) is 2.96. The van der Waals surface area contributed by atoms with Gasteiger partial charge < -0.3 is 4.74 Å². The van der Waals surface area contributed by atoms with Crippen molar-refractivity contribution >= 4 is 23.9 Å². The Kier molecular flexibility index (Phi) is 2.38. The molecule has 7 nitrogen and oxygen atoms in total. The van der Waals surface area contributed by atoms with Crippen LogP contribution in [0.3, 0.4) is 0 Å². The Labute approximate surface area is 70.8 Å². The third-order valence-corrected chi connectivity index (χ3v) is 0.915. The topological polar surface area (TPSA) is 96.0 Å². The molecular formula is C6H2O7. The zero-order valence-corrected chi connectivity index (χ0v) is 6.01. The number of carbonyl (C=O) groups is 4. The minimum atomic E-state index is -1.58. The van der Waals surface area contributed by atoms with Crippen molar-refractivity contribution in [2.75, 3.05) is 0 Å². The normalized spacial score (nSPS) is 17.8. The van der Waals surface area contributed by atoms with Gasteiger partial charge in [0.1, 0.15) is 0 Å². The fourth-order valence-corrected chi connectivity index (χ4v) is 0.444. The second kappa shape index (κ2) is 3.48. The fourth-order valence-electron chi connectivity index (χ4n) is 0.444. The van der Waals surface area contributed by atoms with E-state index in [0.29, 0.717) is 12.2 Å². The van der Waals surface area contributed by atoms with Gasteiger partial charge in [0, 0.05) is 12.2 Å². The Morgan fingerprint density at radius 1 is 0.769 bits per heavy atom. The van der Waals surface area contributed by atoms with Crippen molar-refractivity contribution in [3.63, 3.8) is 0 Å². The highest BCUT2D eigenvalue weighted by atomic mass is 17.2. The molecule has 1 heterocycles. The van der Waals surface area contributed by atoms with Gasteiger partial charge in [-0.25, -0.2) is 29.0 Å². The zero-order valence-electron chi connectivity index (χ0n) is 6.01. The molecule has 0 aromatic carbocycles. The van der Waals surface area contributed by atoms with Crippen LogP contribution in [-0.4, -0.2) is 23.9 Å². The van der Waals surface area contributed by atoms with Crippen molar-refractivity contribution in [3.05, 3.63) is 12.2 Å². The summed E-state index contributed by atoms with van der Waals surface area (Å²) < 4.78 is 3.86. The van der Waals surface area contributed by atoms with Crippen LogP contribution >= 0.6 is 0 Å². The zero-order chi connectivity index (χ0) is 9.84. The maximum atomic E-state index is 10.5. The van der Waals surface area contributed by atoms with E-state index < -0.39 is 23.9 Å². The second-order valence-corrected chi connectivity index (χ2v) is 1.82. The monoisotopic (exact) mass is 186 g/mol. The smallest absolute Gasteiger partial charge is 0.381 e. The first kappa shape index (κ1) is 8.91. The van der Waals surface area contributed by atoms with Crippen LogP contribution in [0.25, 0.3) is 0 Å². The minimum absolute atomic E-state index is 0.627. The number of hydrogen-bond donors (Lipinski definition) is 0. The van der Waals surface area contributed by atoms with Crippen LogP contribution in [0, 0.1) is 0 Å². The number of ether oxygens (including phenoxy) is 1. The third-order valence-electron chi connectivity index (χ3n) is 0.915. The van der Waals surface area contributed by atoms with Crippen LogP contribution in [0.5, 0.6) is 0 Å². The van der Waals surface area contributed by atoms with Gasteiger partial charge in [0.25, 0.3) is 0 Å². The van der Waals surface area contributed by atoms with Gasteiger partial charge in [-0.3, -0.25) is 0 Å². The highest BCUT2D eigenvalue weighted by molar-refractivity contribution is 6.32. The molecule has 0 atom stereocenters. The van der Waals surface area contributed by atoms with Crippen molar-refractivity contribution in [2.45, 2.75) is 0 Å². The molecule has 0 saturated carbocycles. The van der Waals surface area contributed by atoms with Gasteiger partial charge in [-0.15, -0.1) is 0 Å². The summed E-state index contributed by atoms with van der Waals surface area (Å²) in [4.78, 5) is 49.4. The molecule has 0 spiro atoms. The lowest BCUT2D eigenvalue weighted by Crippen LogP contribution is -2.22. The van der Waals surface area contributed by atoms with Crippen LogP contribution in [0.2, 0.25) is 0 Å². The van der Waals surface area contributed by atoms with E-state index in [1.165, 1.54) is 0 Å². The Balaban J connectivity index is 2.82. The summed E-state index contributed by atoms with van der Waals surface area (Å²) >= 11 is 0. The van der Waals surface area contributed by atoms with E-state index in [9.17, 15) is 19.2 Å². The molecule has 68 valence electrons. The van der Waals surface area contributed by atoms with Crippen molar-refractivity contribution < 1.29 is 33.7 Å². The summed E-state index contributed by atoms with van der Waals surface area (Å²) in [5, 5.41) is 0. The number of hydrogen-bond acceptors (Lipinski definition) is 7. The number of rotatable bonds is 0. The van der Waals surface area contributed by atoms with E-state index in [1.807, 2.05) is 0 Å². The fraction of sp³-hybridized carbons (Fsp3) is 0. The highest BCUT2D eigenvalue weighted by Crippen LogP contribution is 1.94. The van der Waals surface area contributed by atoms with E-state index >= 15 is 0 Å². The molecule has 0 aliphatic carbocycles. The van der Waals surface area contributed by atoms with Crippen LogP contribution in [0.1, 0.15) is 0 Å². The first-order valence-corrected chi connectivity index (χ1v) is 2.96. The van der Waals surface area contributed by atoms with Crippen molar-refractivity contribution in [1.29, 1.82) is 0 Å². The molecular weight excluding hydrogens is 184 g/mol. The van der Waals surface area contributed by atoms with E-state index in [4.69, 9.17) is 0 Å². The van der Waals surface area contributed by atoms with Crippen molar-refractivity contribution in [3.8, 4) is 0 Å². The average Bonchev–Trinajstić information content (AvgIpc) is 2.13. The van der Waals surface area contributed by atoms with Crippen molar-refractivity contribution in [2.24, 2.45) is 0 Å². The Bertz CT molecular complexity index is 313. The number of carbonyl (C=O) groups excluding carboxylic acids is 4. The molecule has 1 aliphatic heterocycles. The van der Waals surface area contributed by atoms with Gasteiger partial charge in [-0.05, 0) is 0 Å². The predicted octanol–water partition coefficient (Wildman–Crippen LogP) is -1.37. The molecule has 1 rings (SSSR count). The largest absolute Gasteiger partial charge is 0.463 e. The predicted molar refractivity (Wildman–Crippen MR) is 32.4 cm³/mol. The Morgan fingerprint density at radius 2 is 1.38 bits per heavy atom. The molecule has 1 aliphatic rings. The average molecular weight is 186 g/mol. The summed E-state index contributed by atoms with van der Waals surface area (Å²) in [7, 11) is 0. The maximum absolute atomic E-state index is 10.5. The van der Waals surface area contributed by atoms with Gasteiger partial charge in [0.15, 0.2) is 0 Å². The van der Waals surface area contributed by atoms with Gasteiger partial charge in [-0.1, -0.05) is 0 Å². The van der Waals surface area contributed by atoms with E-state index in [0.717, 1.165) is 0 Å². The summed E-state index contributed by atoms with van der Waals surface area (Å²) in [6.45, 7) is 0. The molecule has 0 fully saturated rings. The van der Waals surface area contributed by atoms with Crippen LogP contribution in [0.15, 0.2) is 12.2 Å². The molecule has 0 radical (unpaired) electrons. The lowest BCUT2D eigenvalue weighted by molar-refractivity contribution is -0.254. The quantitative estimate of drug-likeness (QED) is 0.199. The molecule has 7 heteroatoms. The molecule has 0 aromatic rings. The lowest BCUT2D eigenvalue weighted by atomic mass is 10.5. The maximum Gasteiger partial charge on any atom is 0.463 e. The number of esters is 2. The summed E-state index contributed by atoms with van der Waals surface area (Å²) in [5.41, 5.74) is 0. The molecule has 0 bridgehead atoms. The molecule has 0 aromatic heterocycles. The van der Waals surface area contributed by atoms with Crippen LogP contribution in [-0.2, 0) is 33.7 Å². The molecule has 13 heavy (non-hydrogen) atoms. The van der Waals surface area contributed by atoms with Gasteiger partial charge in [-0.2, -0.15) is 0 Å². The molecule has 0 amide bonds. The third kappa shape index (κ3) is 2.40. The molecule has 0 N–H and O–H groups in total. The first-order chi connectivity index (χ1) is 6.09. The Hall–Kier alpha value is -2.18. The summed E-state index contributed by atoms with van der Waals surface area (Å²) in [6, 6.07) is 0. The van der Waals surface area contributed by atoms with E-state index in [-0.39, 0.29) is 0 Å². The molecule has 0 unspecified atom stereocenters. The van der Waals surface area contributed by atoms with Gasteiger partial charge in [0.05, 0.1) is 0 Å². The molecule has 0 saturated heterocycles. The van der Waals surface area contributed by atoms with E-state index in [2.05, 4.69) is 14.5 Å². The minimum Gasteiger partial charge on any atom is -0.381 e. The SMILES string of the molecule is O=C1C=CC(=O)OC(=O)C(=O)OO1. The summed E-state index contributed by atoms with van der Waals surface area (Å²) in [5.74, 6) is -5.38.